The Morgan fingerprint density at radius 2 is 1.93 bits per heavy atom. The smallest absolute Gasteiger partial charge is 0.258 e. The van der Waals surface area contributed by atoms with Crippen molar-refractivity contribution in [1.29, 1.82) is 0 Å². The number of carbonyl (C=O) groups is 2. The summed E-state index contributed by atoms with van der Waals surface area (Å²) in [6, 6.07) is 9.34. The van der Waals surface area contributed by atoms with Gasteiger partial charge < -0.3 is 10.2 Å². The molecular weight excluding hydrogens is 356 g/mol. The van der Waals surface area contributed by atoms with Crippen molar-refractivity contribution < 1.29 is 9.59 Å². The van der Waals surface area contributed by atoms with Crippen molar-refractivity contribution in [1.82, 2.24) is 0 Å². The number of rotatable bonds is 3. The Bertz CT molecular complexity index is 853. The van der Waals surface area contributed by atoms with Crippen molar-refractivity contribution in [3.63, 3.8) is 0 Å². The second-order valence-electron chi connectivity index (χ2n) is 7.19. The van der Waals surface area contributed by atoms with E-state index in [0.29, 0.717) is 5.56 Å². The van der Waals surface area contributed by atoms with Crippen LogP contribution in [0.1, 0.15) is 47.3 Å². The van der Waals surface area contributed by atoms with Crippen LogP contribution in [0.2, 0.25) is 0 Å². The zero-order valence-electron chi connectivity index (χ0n) is 15.3. The Morgan fingerprint density at radius 1 is 1.07 bits per heavy atom. The summed E-state index contributed by atoms with van der Waals surface area (Å²) in [5.74, 6) is 0.145. The SMILES string of the molecule is O=C(Nc1ccc(C(=O)N2CCCCc3sccc32)cc1)C1CC=CCC1. The minimum absolute atomic E-state index is 0.0341. The molecule has 0 radical (unpaired) electrons. The van der Waals surface area contributed by atoms with Gasteiger partial charge in [0.2, 0.25) is 5.91 Å². The van der Waals surface area contributed by atoms with E-state index < -0.39 is 0 Å². The van der Waals surface area contributed by atoms with Gasteiger partial charge in [0.1, 0.15) is 0 Å². The van der Waals surface area contributed by atoms with Crippen LogP contribution in [0.15, 0.2) is 47.9 Å². The molecule has 1 aromatic carbocycles. The molecule has 2 amide bonds. The van der Waals surface area contributed by atoms with E-state index >= 15 is 0 Å². The molecule has 1 N–H and O–H groups in total. The van der Waals surface area contributed by atoms with Crippen LogP contribution < -0.4 is 10.2 Å². The number of carbonyl (C=O) groups excluding carboxylic acids is 2. The van der Waals surface area contributed by atoms with Gasteiger partial charge in [0.05, 0.1) is 5.69 Å². The largest absolute Gasteiger partial charge is 0.326 e. The van der Waals surface area contributed by atoms with Crippen LogP contribution in [0.4, 0.5) is 11.4 Å². The molecule has 4 nitrogen and oxygen atoms in total. The lowest BCUT2D eigenvalue weighted by Gasteiger charge is -2.21. The molecule has 1 aliphatic heterocycles. The van der Waals surface area contributed by atoms with Crippen LogP contribution in [0.3, 0.4) is 0 Å². The van der Waals surface area contributed by atoms with Gasteiger partial charge in [0, 0.05) is 28.6 Å². The molecule has 2 aliphatic rings. The van der Waals surface area contributed by atoms with Crippen LogP contribution in [-0.2, 0) is 11.2 Å². The summed E-state index contributed by atoms with van der Waals surface area (Å²) in [4.78, 5) is 28.6. The minimum Gasteiger partial charge on any atom is -0.326 e. The average Bonchev–Trinajstić information content (AvgIpc) is 3.08. The van der Waals surface area contributed by atoms with E-state index in [2.05, 4.69) is 28.9 Å². The molecule has 0 saturated heterocycles. The third kappa shape index (κ3) is 3.98. The van der Waals surface area contributed by atoms with E-state index in [1.807, 2.05) is 29.2 Å². The first-order valence-electron chi connectivity index (χ1n) is 9.66. The summed E-state index contributed by atoms with van der Waals surface area (Å²) < 4.78 is 0. The monoisotopic (exact) mass is 380 g/mol. The second-order valence-corrected chi connectivity index (χ2v) is 8.19. The lowest BCUT2D eigenvalue weighted by atomic mass is 9.93. The fraction of sp³-hybridized carbons (Fsp3) is 0.364. The maximum Gasteiger partial charge on any atom is 0.258 e. The first kappa shape index (κ1) is 18.0. The van der Waals surface area contributed by atoms with Gasteiger partial charge in [0.25, 0.3) is 5.91 Å². The maximum atomic E-state index is 13.0. The molecular formula is C22H24N2O2S. The van der Waals surface area contributed by atoms with Crippen LogP contribution in [0.5, 0.6) is 0 Å². The number of hydrogen-bond acceptors (Lipinski definition) is 3. The summed E-state index contributed by atoms with van der Waals surface area (Å²) in [6.07, 6.45) is 10.1. The number of benzene rings is 1. The molecule has 1 atom stereocenters. The van der Waals surface area contributed by atoms with Gasteiger partial charge in [-0.25, -0.2) is 0 Å². The predicted octanol–water partition coefficient (Wildman–Crippen LogP) is 5.03. The standard InChI is InChI=1S/C22H24N2O2S/c25-21(16-6-2-1-3-7-16)23-18-11-9-17(10-12-18)22(26)24-14-5-4-8-20-19(24)13-15-27-20/h1-2,9-13,15-16H,3-8,14H2,(H,23,25). The zero-order chi connectivity index (χ0) is 18.6. The van der Waals surface area contributed by atoms with Crippen molar-refractivity contribution >= 4 is 34.5 Å². The average molecular weight is 381 g/mol. The van der Waals surface area contributed by atoms with Crippen molar-refractivity contribution in [3.05, 3.63) is 58.3 Å². The summed E-state index contributed by atoms with van der Waals surface area (Å²) in [7, 11) is 0. The quantitative estimate of drug-likeness (QED) is 0.760. The van der Waals surface area contributed by atoms with Gasteiger partial charge >= 0.3 is 0 Å². The number of fused-ring (bicyclic) bond motifs is 1. The number of hydrogen-bond donors (Lipinski definition) is 1. The molecule has 1 aromatic heterocycles. The number of aryl methyl sites for hydroxylation is 1. The number of anilines is 2. The van der Waals surface area contributed by atoms with Crippen molar-refractivity contribution in [3.8, 4) is 0 Å². The fourth-order valence-corrected chi connectivity index (χ4v) is 4.70. The number of allylic oxidation sites excluding steroid dienone is 2. The molecule has 0 fully saturated rings. The Morgan fingerprint density at radius 3 is 2.70 bits per heavy atom. The highest BCUT2D eigenvalue weighted by molar-refractivity contribution is 7.10. The molecule has 0 bridgehead atoms. The minimum atomic E-state index is 0.0341. The van der Waals surface area contributed by atoms with E-state index in [1.165, 1.54) is 4.88 Å². The van der Waals surface area contributed by atoms with Crippen LogP contribution >= 0.6 is 11.3 Å². The number of nitrogens with zero attached hydrogens (tertiary/aromatic N) is 1. The molecule has 27 heavy (non-hydrogen) atoms. The second kappa shape index (κ2) is 8.09. The molecule has 0 spiro atoms. The van der Waals surface area contributed by atoms with Gasteiger partial charge in [-0.1, -0.05) is 12.2 Å². The van der Waals surface area contributed by atoms with Crippen molar-refractivity contribution in [2.24, 2.45) is 5.92 Å². The molecule has 1 aliphatic carbocycles. The Hall–Kier alpha value is -2.40. The lowest BCUT2D eigenvalue weighted by Crippen LogP contribution is -2.31. The van der Waals surface area contributed by atoms with Crippen LogP contribution in [0.25, 0.3) is 0 Å². The predicted molar refractivity (Wildman–Crippen MR) is 110 cm³/mol. The molecule has 5 heteroatoms. The van der Waals surface area contributed by atoms with Gasteiger partial charge in [0.15, 0.2) is 0 Å². The van der Waals surface area contributed by atoms with E-state index in [9.17, 15) is 9.59 Å². The highest BCUT2D eigenvalue weighted by atomic mass is 32.1. The fourth-order valence-electron chi connectivity index (χ4n) is 3.78. The van der Waals surface area contributed by atoms with E-state index in [-0.39, 0.29) is 17.7 Å². The zero-order valence-corrected chi connectivity index (χ0v) is 16.1. The van der Waals surface area contributed by atoms with Crippen molar-refractivity contribution in [2.45, 2.75) is 38.5 Å². The van der Waals surface area contributed by atoms with Gasteiger partial charge in [-0.3, -0.25) is 9.59 Å². The highest BCUT2D eigenvalue weighted by Gasteiger charge is 2.23. The topological polar surface area (TPSA) is 49.4 Å². The van der Waals surface area contributed by atoms with Gasteiger partial charge in [-0.2, -0.15) is 0 Å². The summed E-state index contributed by atoms with van der Waals surface area (Å²) in [5, 5.41) is 5.05. The van der Waals surface area contributed by atoms with E-state index in [4.69, 9.17) is 0 Å². The first-order valence-corrected chi connectivity index (χ1v) is 10.5. The Kier molecular flexibility index (Phi) is 5.39. The molecule has 1 unspecified atom stereocenters. The molecule has 2 aromatic rings. The third-order valence-electron chi connectivity index (χ3n) is 5.33. The Balaban J connectivity index is 1.45. The normalized spacial score (nSPS) is 19.3. The van der Waals surface area contributed by atoms with Gasteiger partial charge in [-0.05, 0) is 74.2 Å². The van der Waals surface area contributed by atoms with Crippen LogP contribution in [-0.4, -0.2) is 18.4 Å². The van der Waals surface area contributed by atoms with Crippen molar-refractivity contribution in [2.75, 3.05) is 16.8 Å². The number of nitrogens with one attached hydrogen (secondary N) is 1. The summed E-state index contributed by atoms with van der Waals surface area (Å²) >= 11 is 1.73. The van der Waals surface area contributed by atoms with Gasteiger partial charge in [-0.15, -0.1) is 11.3 Å². The van der Waals surface area contributed by atoms with E-state index in [0.717, 1.165) is 56.4 Å². The van der Waals surface area contributed by atoms with E-state index in [1.54, 1.807) is 11.3 Å². The number of thiophene rings is 1. The Labute approximate surface area is 163 Å². The molecule has 140 valence electrons. The first-order chi connectivity index (χ1) is 13.2. The number of amides is 2. The molecule has 2 heterocycles. The maximum absolute atomic E-state index is 13.0. The van der Waals surface area contributed by atoms with Crippen LogP contribution in [0, 0.1) is 5.92 Å². The highest BCUT2D eigenvalue weighted by Crippen LogP contribution is 2.32. The molecule has 4 rings (SSSR count). The third-order valence-corrected chi connectivity index (χ3v) is 6.30. The summed E-state index contributed by atoms with van der Waals surface area (Å²) in [5.41, 5.74) is 2.47. The summed E-state index contributed by atoms with van der Waals surface area (Å²) in [6.45, 7) is 0.760. The lowest BCUT2D eigenvalue weighted by molar-refractivity contribution is -0.120. The molecule has 0 saturated carbocycles.